The third-order valence-electron chi connectivity index (χ3n) is 2.32. The van der Waals surface area contributed by atoms with Crippen LogP contribution in [0.3, 0.4) is 0 Å². The summed E-state index contributed by atoms with van der Waals surface area (Å²) in [7, 11) is 0. The van der Waals surface area contributed by atoms with Crippen molar-refractivity contribution in [1.29, 1.82) is 0 Å². The Kier molecular flexibility index (Phi) is 13.6. The summed E-state index contributed by atoms with van der Waals surface area (Å²) in [5.74, 6) is 0. The molecule has 3 aromatic heterocycles. The smallest absolute Gasteiger partial charge is 0.0919 e. The molecule has 0 radical (unpaired) electrons. The van der Waals surface area contributed by atoms with Crippen molar-refractivity contribution in [2.24, 2.45) is 0 Å². The van der Waals surface area contributed by atoms with E-state index in [9.17, 15) is 0 Å². The molecule has 6 heteroatoms. The summed E-state index contributed by atoms with van der Waals surface area (Å²) < 4.78 is 0. The van der Waals surface area contributed by atoms with Crippen molar-refractivity contribution < 1.29 is 0 Å². The second-order valence-electron chi connectivity index (χ2n) is 4.42. The molecule has 5 nitrogen and oxygen atoms in total. The van der Waals surface area contributed by atoms with Gasteiger partial charge in [0.1, 0.15) is 0 Å². The molecule has 0 fully saturated rings. The number of nitrogens with one attached hydrogen (secondary N) is 2. The first-order valence-corrected chi connectivity index (χ1v) is 7.53. The zero-order valence-corrected chi connectivity index (χ0v) is 14.8. The summed E-state index contributed by atoms with van der Waals surface area (Å²) in [5, 5.41) is 1.20. The van der Waals surface area contributed by atoms with Gasteiger partial charge in [-0.25, -0.2) is 9.97 Å². The summed E-state index contributed by atoms with van der Waals surface area (Å²) in [6, 6.07) is 12.1. The molecule has 128 valence electrons. The predicted molar refractivity (Wildman–Crippen MR) is 102 cm³/mol. The normalized spacial score (nSPS) is 8.25. The van der Waals surface area contributed by atoms with E-state index in [0.717, 1.165) is 5.52 Å². The van der Waals surface area contributed by atoms with E-state index < -0.39 is 0 Å². The minimum atomic E-state index is 0. The van der Waals surface area contributed by atoms with Gasteiger partial charge in [0.25, 0.3) is 0 Å². The molecular formula is C18H24ClN5. The van der Waals surface area contributed by atoms with Crippen molar-refractivity contribution in [3.05, 3.63) is 80.0 Å². The molecule has 3 heterocycles. The van der Waals surface area contributed by atoms with Gasteiger partial charge in [-0.05, 0) is 12.1 Å². The molecule has 0 amide bonds. The Labute approximate surface area is 149 Å². The van der Waals surface area contributed by atoms with E-state index in [-0.39, 0.29) is 12.4 Å². The molecule has 2 N–H and O–H groups in total. The first kappa shape index (κ1) is 21.3. The number of rotatable bonds is 0. The number of hydrogen-bond acceptors (Lipinski definition) is 3. The Morgan fingerprint density at radius 2 is 1.33 bits per heavy atom. The molecule has 0 aliphatic carbocycles. The second kappa shape index (κ2) is 15.2. The molecule has 0 unspecified atom stereocenters. The van der Waals surface area contributed by atoms with Gasteiger partial charge < -0.3 is 9.97 Å². The fourth-order valence-corrected chi connectivity index (χ4v) is 1.45. The number of hydrogen-bond donors (Lipinski definition) is 2. The number of H-pyrrole nitrogens is 2. The molecule has 0 saturated heterocycles. The van der Waals surface area contributed by atoms with Crippen molar-refractivity contribution in [2.45, 2.75) is 20.3 Å². The zero-order chi connectivity index (χ0) is 16.6. The Hall–Kier alpha value is -2.66. The van der Waals surface area contributed by atoms with Gasteiger partial charge >= 0.3 is 0 Å². The third-order valence-corrected chi connectivity index (χ3v) is 2.32. The van der Waals surface area contributed by atoms with Crippen LogP contribution >= 0.6 is 12.4 Å². The fourth-order valence-electron chi connectivity index (χ4n) is 1.45. The summed E-state index contributed by atoms with van der Waals surface area (Å²) in [5.41, 5.74) is 1.06. The average molecular weight is 346 g/mol. The Morgan fingerprint density at radius 1 is 0.792 bits per heavy atom. The van der Waals surface area contributed by atoms with Crippen LogP contribution in [0.4, 0.5) is 0 Å². The highest BCUT2D eigenvalue weighted by atomic mass is 35.5. The maximum Gasteiger partial charge on any atom is 0.0919 e. The summed E-state index contributed by atoms with van der Waals surface area (Å²) >= 11 is 0. The van der Waals surface area contributed by atoms with Gasteiger partial charge in [0, 0.05) is 36.4 Å². The minimum Gasteiger partial charge on any atom is -0.351 e. The second-order valence-corrected chi connectivity index (χ2v) is 4.42. The third kappa shape index (κ3) is 10.1. The van der Waals surface area contributed by atoms with Crippen LogP contribution in [0, 0.1) is 0 Å². The number of benzene rings is 1. The van der Waals surface area contributed by atoms with E-state index in [1.54, 1.807) is 37.4 Å². The first-order chi connectivity index (χ1) is 11.4. The molecule has 0 aliphatic heterocycles. The minimum absolute atomic E-state index is 0. The fraction of sp³-hybridized carbons (Fsp3) is 0.167. The first-order valence-electron chi connectivity index (χ1n) is 7.53. The molecule has 24 heavy (non-hydrogen) atoms. The average Bonchev–Trinajstić information content (AvgIpc) is 3.33. The van der Waals surface area contributed by atoms with E-state index in [0.29, 0.717) is 0 Å². The molecule has 0 spiro atoms. The van der Waals surface area contributed by atoms with Gasteiger partial charge in [0.15, 0.2) is 0 Å². The van der Waals surface area contributed by atoms with Crippen LogP contribution < -0.4 is 0 Å². The Morgan fingerprint density at radius 3 is 1.75 bits per heavy atom. The molecule has 0 aliphatic rings. The molecule has 1 aromatic carbocycles. The number of para-hydroxylation sites is 1. The Balaban J connectivity index is 0.000000324. The standard InChI is InChI=1S/C9H7N.2C3H4N2.C3H8.ClH/c1-2-6-9-8(4-1)5-3-7-10-9;2*1-2-5-3-4-1;1-3-2;/h1-7H;2*1-3H,(H,4,5);3H2,1-2H3;1H. The van der Waals surface area contributed by atoms with Crippen molar-refractivity contribution in [3.63, 3.8) is 0 Å². The molecular weight excluding hydrogens is 322 g/mol. The zero-order valence-electron chi connectivity index (χ0n) is 14.0. The van der Waals surface area contributed by atoms with Gasteiger partial charge in [0.05, 0.1) is 18.2 Å². The summed E-state index contributed by atoms with van der Waals surface area (Å²) in [6.07, 6.45) is 13.2. The van der Waals surface area contributed by atoms with Crippen LogP contribution in [-0.2, 0) is 0 Å². The highest BCUT2D eigenvalue weighted by Gasteiger charge is 1.86. The lowest BCUT2D eigenvalue weighted by molar-refractivity contribution is 1.09. The van der Waals surface area contributed by atoms with Crippen LogP contribution in [0.25, 0.3) is 10.9 Å². The number of imidazole rings is 2. The van der Waals surface area contributed by atoms with Crippen LogP contribution in [-0.4, -0.2) is 24.9 Å². The van der Waals surface area contributed by atoms with Crippen LogP contribution in [0.2, 0.25) is 0 Å². The molecule has 0 atom stereocenters. The predicted octanol–water partition coefficient (Wildman–Crippen LogP) is 4.89. The van der Waals surface area contributed by atoms with Crippen molar-refractivity contribution in [3.8, 4) is 0 Å². The number of pyridine rings is 1. The highest BCUT2D eigenvalue weighted by molar-refractivity contribution is 5.85. The van der Waals surface area contributed by atoms with Crippen molar-refractivity contribution in [1.82, 2.24) is 24.9 Å². The summed E-state index contributed by atoms with van der Waals surface area (Å²) in [4.78, 5) is 17.0. The van der Waals surface area contributed by atoms with E-state index >= 15 is 0 Å². The lowest BCUT2D eigenvalue weighted by Crippen LogP contribution is -1.73. The van der Waals surface area contributed by atoms with Gasteiger partial charge in [-0.15, -0.1) is 12.4 Å². The van der Waals surface area contributed by atoms with Gasteiger partial charge in [-0.2, -0.15) is 0 Å². The lowest BCUT2D eigenvalue weighted by atomic mass is 10.2. The molecule has 0 bridgehead atoms. The van der Waals surface area contributed by atoms with E-state index in [1.807, 2.05) is 30.5 Å². The largest absolute Gasteiger partial charge is 0.351 e. The van der Waals surface area contributed by atoms with Gasteiger partial charge in [-0.1, -0.05) is 44.5 Å². The number of aromatic nitrogens is 5. The van der Waals surface area contributed by atoms with Crippen molar-refractivity contribution in [2.75, 3.05) is 0 Å². The lowest BCUT2D eigenvalue weighted by Gasteiger charge is -1.91. The molecule has 4 rings (SSSR count). The SMILES string of the molecule is CCC.Cl.c1c[nH]cn1.c1c[nH]cn1.c1ccc2ncccc2c1. The van der Waals surface area contributed by atoms with Gasteiger partial charge in [0.2, 0.25) is 0 Å². The Bertz CT molecular complexity index is 570. The topological polar surface area (TPSA) is 70.2 Å². The van der Waals surface area contributed by atoms with E-state index in [4.69, 9.17) is 0 Å². The number of nitrogens with zero attached hydrogens (tertiary/aromatic N) is 3. The number of halogens is 1. The van der Waals surface area contributed by atoms with Crippen LogP contribution in [0.1, 0.15) is 20.3 Å². The van der Waals surface area contributed by atoms with Crippen LogP contribution in [0.5, 0.6) is 0 Å². The van der Waals surface area contributed by atoms with Crippen molar-refractivity contribution >= 4 is 23.3 Å². The molecule has 4 aromatic rings. The number of fused-ring (bicyclic) bond motifs is 1. The monoisotopic (exact) mass is 345 g/mol. The number of aromatic amines is 2. The van der Waals surface area contributed by atoms with E-state index in [2.05, 4.69) is 50.9 Å². The highest BCUT2D eigenvalue weighted by Crippen LogP contribution is 2.07. The maximum absolute atomic E-state index is 4.18. The quantitative estimate of drug-likeness (QED) is 0.476. The summed E-state index contributed by atoms with van der Waals surface area (Å²) in [6.45, 7) is 4.25. The van der Waals surface area contributed by atoms with Crippen LogP contribution in [0.15, 0.2) is 80.0 Å². The molecule has 0 saturated carbocycles. The maximum atomic E-state index is 4.18. The van der Waals surface area contributed by atoms with Gasteiger partial charge in [-0.3, -0.25) is 4.98 Å². The van der Waals surface area contributed by atoms with E-state index in [1.165, 1.54) is 11.8 Å².